The molecule has 0 aliphatic carbocycles. The number of aromatic amines is 1. The van der Waals surface area contributed by atoms with Crippen molar-refractivity contribution < 1.29 is 0 Å². The summed E-state index contributed by atoms with van der Waals surface area (Å²) in [6, 6.07) is 1.38. The highest BCUT2D eigenvalue weighted by molar-refractivity contribution is 4.83. The topological polar surface area (TPSA) is 54.9 Å². The molecule has 0 aliphatic rings. The minimum Gasteiger partial charge on any atom is -0.314 e. The first-order chi connectivity index (χ1) is 7.29. The Balaban J connectivity index is 2.82. The number of nitrogens with one attached hydrogen (secondary N) is 1. The van der Waals surface area contributed by atoms with E-state index in [-0.39, 0.29) is 16.7 Å². The lowest BCUT2D eigenvalue weighted by molar-refractivity contribution is 0.281. The van der Waals surface area contributed by atoms with Crippen molar-refractivity contribution in [2.24, 2.45) is 11.3 Å². The summed E-state index contributed by atoms with van der Waals surface area (Å²) in [6.07, 6.45) is 2.36. The van der Waals surface area contributed by atoms with E-state index < -0.39 is 0 Å². The maximum atomic E-state index is 11.5. The van der Waals surface area contributed by atoms with Gasteiger partial charge in [-0.15, -0.1) is 0 Å². The fraction of sp³-hybridized carbons (Fsp3) is 0.667. The molecule has 0 saturated carbocycles. The van der Waals surface area contributed by atoms with Crippen LogP contribution in [0.4, 0.5) is 0 Å². The van der Waals surface area contributed by atoms with Crippen LogP contribution in [0.1, 0.15) is 34.1 Å². The Bertz CT molecular complexity index is 423. The first-order valence-electron chi connectivity index (χ1n) is 5.58. The Morgan fingerprint density at radius 3 is 2.50 bits per heavy atom. The molecule has 4 heteroatoms. The number of hydrogen-bond acceptors (Lipinski definition) is 2. The standard InChI is InChI=1S/C12H20N2O2/c1-9(7-12(2,3)4)8-14-10(15)5-6-13-11(14)16/h5-6,9H,7-8H2,1-4H3,(H,13,16)/t9-/m0/s1. The first-order valence-corrected chi connectivity index (χ1v) is 5.58. The number of hydrogen-bond donors (Lipinski definition) is 1. The number of aromatic nitrogens is 2. The first kappa shape index (κ1) is 12.7. The number of H-pyrrole nitrogens is 1. The SMILES string of the molecule is C[C@H](Cn1c(=O)cc[nH]c1=O)CC(C)(C)C. The van der Waals surface area contributed by atoms with Crippen molar-refractivity contribution in [3.05, 3.63) is 33.1 Å². The van der Waals surface area contributed by atoms with E-state index in [1.54, 1.807) is 0 Å². The van der Waals surface area contributed by atoms with E-state index in [0.29, 0.717) is 12.5 Å². The largest absolute Gasteiger partial charge is 0.328 e. The lowest BCUT2D eigenvalue weighted by Gasteiger charge is -2.23. The van der Waals surface area contributed by atoms with Crippen LogP contribution in [0.15, 0.2) is 21.9 Å². The average molecular weight is 224 g/mol. The van der Waals surface area contributed by atoms with Crippen molar-refractivity contribution in [2.45, 2.75) is 40.7 Å². The van der Waals surface area contributed by atoms with Crippen LogP contribution < -0.4 is 11.2 Å². The van der Waals surface area contributed by atoms with E-state index in [0.717, 1.165) is 6.42 Å². The molecule has 1 aromatic heterocycles. The van der Waals surface area contributed by atoms with Gasteiger partial charge in [0.1, 0.15) is 0 Å². The summed E-state index contributed by atoms with van der Waals surface area (Å²) in [7, 11) is 0. The van der Waals surface area contributed by atoms with Gasteiger partial charge in [0.05, 0.1) is 0 Å². The van der Waals surface area contributed by atoms with Crippen LogP contribution in [-0.2, 0) is 6.54 Å². The Hall–Kier alpha value is -1.32. The van der Waals surface area contributed by atoms with E-state index in [1.807, 2.05) is 0 Å². The molecule has 4 nitrogen and oxygen atoms in total. The second-order valence-corrected chi connectivity index (χ2v) is 5.60. The molecule has 0 unspecified atom stereocenters. The van der Waals surface area contributed by atoms with Crippen LogP contribution in [0.3, 0.4) is 0 Å². The van der Waals surface area contributed by atoms with Crippen molar-refractivity contribution in [1.82, 2.24) is 9.55 Å². The van der Waals surface area contributed by atoms with E-state index in [9.17, 15) is 9.59 Å². The smallest absolute Gasteiger partial charge is 0.314 e. The van der Waals surface area contributed by atoms with Gasteiger partial charge >= 0.3 is 5.69 Å². The lowest BCUT2D eigenvalue weighted by atomic mass is 9.85. The Morgan fingerprint density at radius 2 is 2.00 bits per heavy atom. The third-order valence-electron chi connectivity index (χ3n) is 2.40. The minimum atomic E-state index is -0.326. The van der Waals surface area contributed by atoms with Gasteiger partial charge in [0.25, 0.3) is 5.56 Å². The van der Waals surface area contributed by atoms with Gasteiger partial charge in [-0.2, -0.15) is 0 Å². The highest BCUT2D eigenvalue weighted by atomic mass is 16.2. The van der Waals surface area contributed by atoms with Gasteiger partial charge in [0.2, 0.25) is 0 Å². The second kappa shape index (κ2) is 4.68. The van der Waals surface area contributed by atoms with E-state index in [1.165, 1.54) is 16.8 Å². The van der Waals surface area contributed by atoms with E-state index in [4.69, 9.17) is 0 Å². The molecule has 0 aromatic carbocycles. The Morgan fingerprint density at radius 1 is 1.38 bits per heavy atom. The van der Waals surface area contributed by atoms with Crippen molar-refractivity contribution in [3.8, 4) is 0 Å². The molecule has 1 N–H and O–H groups in total. The summed E-state index contributed by atoms with van der Waals surface area (Å²) in [6.45, 7) is 9.00. The zero-order valence-electron chi connectivity index (χ0n) is 10.4. The Labute approximate surface area is 95.3 Å². The van der Waals surface area contributed by atoms with Crippen molar-refractivity contribution in [3.63, 3.8) is 0 Å². The van der Waals surface area contributed by atoms with Gasteiger partial charge < -0.3 is 4.98 Å². The zero-order valence-corrected chi connectivity index (χ0v) is 10.4. The quantitative estimate of drug-likeness (QED) is 0.848. The minimum absolute atomic E-state index is 0.213. The van der Waals surface area contributed by atoms with Gasteiger partial charge in [-0.25, -0.2) is 4.79 Å². The van der Waals surface area contributed by atoms with E-state index in [2.05, 4.69) is 32.7 Å². The van der Waals surface area contributed by atoms with Crippen LogP contribution in [0.25, 0.3) is 0 Å². The third kappa shape index (κ3) is 3.68. The summed E-state index contributed by atoms with van der Waals surface area (Å²) in [5.41, 5.74) is -0.345. The monoisotopic (exact) mass is 224 g/mol. The molecule has 1 rings (SSSR count). The number of nitrogens with zero attached hydrogens (tertiary/aromatic N) is 1. The van der Waals surface area contributed by atoms with Crippen molar-refractivity contribution in [2.75, 3.05) is 0 Å². The van der Waals surface area contributed by atoms with Crippen molar-refractivity contribution in [1.29, 1.82) is 0 Å². The summed E-state index contributed by atoms with van der Waals surface area (Å²) in [5.74, 6) is 0.307. The Kier molecular flexibility index (Phi) is 3.73. The lowest BCUT2D eigenvalue weighted by Crippen LogP contribution is -2.36. The average Bonchev–Trinajstić information content (AvgIpc) is 2.08. The molecule has 90 valence electrons. The maximum absolute atomic E-state index is 11.5. The molecule has 0 amide bonds. The fourth-order valence-electron chi connectivity index (χ4n) is 2.05. The molecular formula is C12H20N2O2. The molecule has 0 bridgehead atoms. The molecule has 16 heavy (non-hydrogen) atoms. The van der Waals surface area contributed by atoms with Gasteiger partial charge in [-0.1, -0.05) is 27.7 Å². The predicted molar refractivity (Wildman–Crippen MR) is 64.6 cm³/mol. The van der Waals surface area contributed by atoms with Gasteiger partial charge in [0, 0.05) is 18.8 Å². The maximum Gasteiger partial charge on any atom is 0.328 e. The van der Waals surface area contributed by atoms with Crippen LogP contribution in [0.2, 0.25) is 0 Å². The zero-order chi connectivity index (χ0) is 12.3. The van der Waals surface area contributed by atoms with Gasteiger partial charge in [-0.05, 0) is 17.8 Å². The van der Waals surface area contributed by atoms with Crippen LogP contribution in [0, 0.1) is 11.3 Å². The highest BCUT2D eigenvalue weighted by Gasteiger charge is 2.16. The van der Waals surface area contributed by atoms with Crippen LogP contribution in [0.5, 0.6) is 0 Å². The van der Waals surface area contributed by atoms with E-state index >= 15 is 0 Å². The summed E-state index contributed by atoms with van der Waals surface area (Å²) >= 11 is 0. The van der Waals surface area contributed by atoms with Crippen LogP contribution >= 0.6 is 0 Å². The van der Waals surface area contributed by atoms with Gasteiger partial charge in [0.15, 0.2) is 0 Å². The third-order valence-corrected chi connectivity index (χ3v) is 2.40. The molecule has 0 saturated heterocycles. The highest BCUT2D eigenvalue weighted by Crippen LogP contribution is 2.24. The molecule has 0 radical (unpaired) electrons. The normalized spacial score (nSPS) is 13.8. The molecule has 1 aromatic rings. The fourth-order valence-corrected chi connectivity index (χ4v) is 2.05. The molecule has 0 fully saturated rings. The molecule has 0 spiro atoms. The van der Waals surface area contributed by atoms with Gasteiger partial charge in [-0.3, -0.25) is 9.36 Å². The molecule has 0 aliphatic heterocycles. The summed E-state index contributed by atoms with van der Waals surface area (Å²) < 4.78 is 1.26. The molecule has 1 atom stereocenters. The molecular weight excluding hydrogens is 204 g/mol. The summed E-state index contributed by atoms with van der Waals surface area (Å²) in [5, 5.41) is 0. The number of rotatable bonds is 3. The summed E-state index contributed by atoms with van der Waals surface area (Å²) in [4.78, 5) is 25.4. The molecule has 1 heterocycles. The predicted octanol–water partition coefficient (Wildman–Crippen LogP) is 1.61. The second-order valence-electron chi connectivity index (χ2n) is 5.60. The van der Waals surface area contributed by atoms with Crippen LogP contribution in [-0.4, -0.2) is 9.55 Å². The van der Waals surface area contributed by atoms with Crippen molar-refractivity contribution >= 4 is 0 Å².